The molecule has 0 aliphatic heterocycles. The molecular formula is C19H17N3O2. The van der Waals surface area contributed by atoms with E-state index in [1.807, 2.05) is 42.5 Å². The van der Waals surface area contributed by atoms with E-state index in [2.05, 4.69) is 5.32 Å². The van der Waals surface area contributed by atoms with Crippen LogP contribution in [0.5, 0.6) is 0 Å². The average Bonchev–Trinajstić information content (AvgIpc) is 2.59. The molecule has 0 radical (unpaired) electrons. The molecule has 0 aromatic heterocycles. The molecule has 1 unspecified atom stereocenters. The molecule has 0 heterocycles. The molecule has 0 spiro atoms. The number of fused-ring (bicyclic) bond motifs is 1. The zero-order valence-electron chi connectivity index (χ0n) is 12.9. The number of rotatable bonds is 5. The smallest absolute Gasteiger partial charge is 0.330 e. The summed E-state index contributed by atoms with van der Waals surface area (Å²) < 4.78 is 0. The molecule has 3 aromatic carbocycles. The van der Waals surface area contributed by atoms with Crippen molar-refractivity contribution in [3.63, 3.8) is 0 Å². The minimum Gasteiger partial charge on any atom is -0.479 e. The van der Waals surface area contributed by atoms with Gasteiger partial charge >= 0.3 is 5.97 Å². The van der Waals surface area contributed by atoms with E-state index >= 15 is 0 Å². The average molecular weight is 319 g/mol. The molecule has 0 aliphatic rings. The van der Waals surface area contributed by atoms with E-state index in [1.165, 1.54) is 0 Å². The van der Waals surface area contributed by atoms with Crippen molar-refractivity contribution in [1.82, 2.24) is 0 Å². The van der Waals surface area contributed by atoms with E-state index in [4.69, 9.17) is 11.1 Å². The molecular weight excluding hydrogens is 302 g/mol. The monoisotopic (exact) mass is 319 g/mol. The topological polar surface area (TPSA) is 99.2 Å². The normalized spacial score (nSPS) is 11.8. The van der Waals surface area contributed by atoms with Crippen molar-refractivity contribution in [2.45, 2.75) is 6.04 Å². The number of nitrogen functional groups attached to an aromatic ring is 1. The lowest BCUT2D eigenvalue weighted by Gasteiger charge is -2.17. The predicted octanol–water partition coefficient (Wildman–Crippen LogP) is 3.36. The third kappa shape index (κ3) is 3.20. The van der Waals surface area contributed by atoms with Crippen LogP contribution in [0.15, 0.2) is 66.7 Å². The van der Waals surface area contributed by atoms with Crippen LogP contribution >= 0.6 is 0 Å². The Morgan fingerprint density at radius 1 is 1.00 bits per heavy atom. The van der Waals surface area contributed by atoms with Crippen LogP contribution < -0.4 is 11.1 Å². The Kier molecular flexibility index (Phi) is 4.16. The number of aliphatic carboxylic acids is 1. The van der Waals surface area contributed by atoms with E-state index in [9.17, 15) is 9.90 Å². The van der Waals surface area contributed by atoms with Gasteiger partial charge in [0.15, 0.2) is 6.04 Å². The van der Waals surface area contributed by atoms with Gasteiger partial charge in [-0.25, -0.2) is 4.79 Å². The highest BCUT2D eigenvalue weighted by Gasteiger charge is 2.20. The second-order valence-corrected chi connectivity index (χ2v) is 5.51. The second kappa shape index (κ2) is 6.42. The molecule has 120 valence electrons. The Morgan fingerprint density at radius 2 is 1.67 bits per heavy atom. The van der Waals surface area contributed by atoms with Gasteiger partial charge in [-0.15, -0.1) is 0 Å². The summed E-state index contributed by atoms with van der Waals surface area (Å²) in [5.74, 6) is -0.980. The maximum Gasteiger partial charge on any atom is 0.330 e. The van der Waals surface area contributed by atoms with Crippen LogP contribution in [0.25, 0.3) is 10.8 Å². The van der Waals surface area contributed by atoms with Crippen LogP contribution in [0, 0.1) is 5.41 Å². The zero-order chi connectivity index (χ0) is 17.1. The fourth-order valence-corrected chi connectivity index (χ4v) is 2.59. The summed E-state index contributed by atoms with van der Waals surface area (Å²) in [7, 11) is 0. The Hall–Kier alpha value is -3.34. The molecule has 24 heavy (non-hydrogen) atoms. The van der Waals surface area contributed by atoms with Crippen LogP contribution in [0.3, 0.4) is 0 Å². The third-order valence-electron chi connectivity index (χ3n) is 3.86. The molecule has 5 nitrogen and oxygen atoms in total. The van der Waals surface area contributed by atoms with Crippen molar-refractivity contribution < 1.29 is 9.90 Å². The molecule has 3 rings (SSSR count). The zero-order valence-corrected chi connectivity index (χ0v) is 12.9. The molecule has 0 saturated carbocycles. The first-order valence-electron chi connectivity index (χ1n) is 7.47. The molecule has 5 N–H and O–H groups in total. The summed E-state index contributed by atoms with van der Waals surface area (Å²) in [6.07, 6.45) is 0. The van der Waals surface area contributed by atoms with Crippen LogP contribution in [-0.2, 0) is 4.79 Å². The van der Waals surface area contributed by atoms with Crippen LogP contribution in [-0.4, -0.2) is 16.9 Å². The SMILES string of the molecule is N=C(N)c1ccc(NC(C(=O)O)c2ccc3ccccc3c2)cc1. The number of hydrogen-bond donors (Lipinski definition) is 4. The summed E-state index contributed by atoms with van der Waals surface area (Å²) in [6, 6.07) is 19.4. The lowest BCUT2D eigenvalue weighted by molar-refractivity contribution is -0.138. The van der Waals surface area contributed by atoms with Gasteiger partial charge in [0.2, 0.25) is 0 Å². The molecule has 1 atom stereocenters. The van der Waals surface area contributed by atoms with Gasteiger partial charge in [-0.2, -0.15) is 0 Å². The second-order valence-electron chi connectivity index (χ2n) is 5.51. The van der Waals surface area contributed by atoms with Gasteiger partial charge in [0, 0.05) is 11.3 Å². The number of carboxylic acids is 1. The highest BCUT2D eigenvalue weighted by molar-refractivity contribution is 5.95. The van der Waals surface area contributed by atoms with Gasteiger partial charge in [-0.05, 0) is 46.7 Å². The largest absolute Gasteiger partial charge is 0.479 e. The highest BCUT2D eigenvalue weighted by atomic mass is 16.4. The number of nitrogens with one attached hydrogen (secondary N) is 2. The molecule has 5 heteroatoms. The van der Waals surface area contributed by atoms with Crippen molar-refractivity contribution in [3.05, 3.63) is 77.9 Å². The minimum absolute atomic E-state index is 0.0223. The van der Waals surface area contributed by atoms with Crippen molar-refractivity contribution in [1.29, 1.82) is 5.41 Å². The first-order chi connectivity index (χ1) is 11.5. The predicted molar refractivity (Wildman–Crippen MR) is 95.4 cm³/mol. The Labute approximate surface area is 139 Å². The van der Waals surface area contributed by atoms with Gasteiger partial charge in [0.05, 0.1) is 0 Å². The number of benzene rings is 3. The van der Waals surface area contributed by atoms with E-state index < -0.39 is 12.0 Å². The molecule has 0 amide bonds. The van der Waals surface area contributed by atoms with Crippen LogP contribution in [0.1, 0.15) is 17.2 Å². The lowest BCUT2D eigenvalue weighted by atomic mass is 10.0. The quantitative estimate of drug-likeness (QED) is 0.428. The standard InChI is InChI=1S/C19H17N3O2/c20-18(21)13-7-9-16(10-8-13)22-17(19(23)24)15-6-5-12-3-1-2-4-14(12)11-15/h1-11,17,22H,(H3,20,21)(H,23,24). The van der Waals surface area contributed by atoms with Crippen molar-refractivity contribution in [2.24, 2.45) is 5.73 Å². The molecule has 0 bridgehead atoms. The van der Waals surface area contributed by atoms with E-state index in [1.54, 1.807) is 24.3 Å². The number of anilines is 1. The minimum atomic E-state index is -0.957. The Balaban J connectivity index is 1.91. The number of nitrogens with two attached hydrogens (primary N) is 1. The third-order valence-corrected chi connectivity index (χ3v) is 3.86. The summed E-state index contributed by atoms with van der Waals surface area (Å²) in [5, 5.41) is 22.1. The maximum absolute atomic E-state index is 11.7. The van der Waals surface area contributed by atoms with Crippen LogP contribution in [0.2, 0.25) is 0 Å². The summed E-state index contributed by atoms with van der Waals surface area (Å²) in [4.78, 5) is 11.7. The van der Waals surface area contributed by atoms with E-state index in [-0.39, 0.29) is 5.84 Å². The van der Waals surface area contributed by atoms with Crippen LogP contribution in [0.4, 0.5) is 5.69 Å². The van der Waals surface area contributed by atoms with Gasteiger partial charge in [0.1, 0.15) is 5.84 Å². The Morgan fingerprint density at radius 3 is 2.29 bits per heavy atom. The number of amidine groups is 1. The lowest BCUT2D eigenvalue weighted by Crippen LogP contribution is -2.20. The van der Waals surface area contributed by atoms with E-state index in [0.717, 1.165) is 10.8 Å². The fourth-order valence-electron chi connectivity index (χ4n) is 2.59. The fraction of sp³-hybridized carbons (Fsp3) is 0.0526. The van der Waals surface area contributed by atoms with Gasteiger partial charge in [-0.1, -0.05) is 36.4 Å². The first-order valence-corrected chi connectivity index (χ1v) is 7.47. The first kappa shape index (κ1) is 15.6. The molecule has 0 saturated heterocycles. The molecule has 0 aliphatic carbocycles. The maximum atomic E-state index is 11.7. The van der Waals surface area contributed by atoms with Gasteiger partial charge < -0.3 is 16.2 Å². The van der Waals surface area contributed by atoms with Gasteiger partial charge in [0.25, 0.3) is 0 Å². The molecule has 3 aromatic rings. The van der Waals surface area contributed by atoms with Crippen molar-refractivity contribution >= 4 is 28.3 Å². The van der Waals surface area contributed by atoms with Crippen molar-refractivity contribution in [3.8, 4) is 0 Å². The number of hydrogen-bond acceptors (Lipinski definition) is 3. The summed E-state index contributed by atoms with van der Waals surface area (Å²) >= 11 is 0. The van der Waals surface area contributed by atoms with E-state index in [0.29, 0.717) is 16.8 Å². The molecule has 0 fully saturated rings. The number of carboxylic acid groups (broad SMARTS) is 1. The van der Waals surface area contributed by atoms with Crippen molar-refractivity contribution in [2.75, 3.05) is 5.32 Å². The van der Waals surface area contributed by atoms with Gasteiger partial charge in [-0.3, -0.25) is 5.41 Å². The number of carbonyl (C=O) groups is 1. The Bertz CT molecular complexity index is 904. The summed E-state index contributed by atoms with van der Waals surface area (Å²) in [6.45, 7) is 0. The highest BCUT2D eigenvalue weighted by Crippen LogP contribution is 2.24. The summed E-state index contributed by atoms with van der Waals surface area (Å²) in [5.41, 5.74) is 7.35.